The highest BCUT2D eigenvalue weighted by molar-refractivity contribution is 8.18. The smallest absolute Gasteiger partial charge is 0.286 e. The van der Waals surface area contributed by atoms with Gasteiger partial charge in [-0.2, -0.15) is 4.99 Å². The first kappa shape index (κ1) is 18.0. The van der Waals surface area contributed by atoms with Crippen LogP contribution in [0.2, 0.25) is 0 Å². The van der Waals surface area contributed by atoms with Crippen LogP contribution in [0.5, 0.6) is 0 Å². The molecule has 10 heteroatoms. The Labute approximate surface area is 153 Å². The molecule has 0 spiro atoms. The maximum atomic E-state index is 12.1. The van der Waals surface area contributed by atoms with Crippen molar-refractivity contribution in [2.45, 2.75) is 0 Å². The van der Waals surface area contributed by atoms with E-state index in [0.29, 0.717) is 27.3 Å². The number of amidine groups is 1. The van der Waals surface area contributed by atoms with E-state index in [1.165, 1.54) is 6.20 Å². The summed E-state index contributed by atoms with van der Waals surface area (Å²) in [5.74, 6) is -0.420. The van der Waals surface area contributed by atoms with Gasteiger partial charge in [0.05, 0.1) is 11.2 Å². The zero-order valence-electron chi connectivity index (χ0n) is 13.5. The molecule has 4 N–H and O–H groups in total. The van der Waals surface area contributed by atoms with Crippen molar-refractivity contribution in [3.8, 4) is 11.1 Å². The van der Waals surface area contributed by atoms with Gasteiger partial charge in [-0.15, -0.1) is 0 Å². The number of thioether (sulfide) groups is 1. The minimum absolute atomic E-state index is 0.180. The number of benzene rings is 1. The maximum Gasteiger partial charge on any atom is 0.286 e. The lowest BCUT2D eigenvalue weighted by Gasteiger charge is -2.06. The molecular formula is C16H14N4O4S2. The molecule has 1 aliphatic heterocycles. The average Bonchev–Trinajstić information content (AvgIpc) is 2.86. The van der Waals surface area contributed by atoms with Gasteiger partial charge in [-0.3, -0.25) is 14.3 Å². The van der Waals surface area contributed by atoms with Gasteiger partial charge in [0.2, 0.25) is 10.0 Å². The van der Waals surface area contributed by atoms with E-state index in [1.54, 1.807) is 36.4 Å². The molecule has 26 heavy (non-hydrogen) atoms. The molecule has 0 unspecified atom stereocenters. The number of hydrogen-bond donors (Lipinski definition) is 3. The quantitative estimate of drug-likeness (QED) is 0.675. The zero-order chi connectivity index (χ0) is 18.9. The van der Waals surface area contributed by atoms with Gasteiger partial charge in [-0.1, -0.05) is 12.1 Å². The molecule has 8 nitrogen and oxygen atoms in total. The Hall–Kier alpha value is -2.85. The highest BCUT2D eigenvalue weighted by Gasteiger charge is 2.19. The molecule has 0 saturated carbocycles. The predicted molar refractivity (Wildman–Crippen MR) is 103 cm³/mol. The van der Waals surface area contributed by atoms with Crippen LogP contribution < -0.4 is 16.0 Å². The Bertz CT molecular complexity index is 1100. The lowest BCUT2D eigenvalue weighted by molar-refractivity contribution is -0.113. The van der Waals surface area contributed by atoms with Gasteiger partial charge >= 0.3 is 0 Å². The number of amides is 1. The van der Waals surface area contributed by atoms with Crippen molar-refractivity contribution in [1.29, 1.82) is 0 Å². The van der Waals surface area contributed by atoms with E-state index < -0.39 is 15.9 Å². The molecule has 2 aromatic rings. The number of rotatable bonds is 4. The lowest BCUT2D eigenvalue weighted by atomic mass is 10.1. The Kier molecular flexibility index (Phi) is 4.70. The maximum absolute atomic E-state index is 12.1. The molecule has 1 amide bonds. The largest absolute Gasteiger partial charge is 0.378 e. The van der Waals surface area contributed by atoms with E-state index in [9.17, 15) is 18.0 Å². The van der Waals surface area contributed by atoms with Crippen LogP contribution in [0.25, 0.3) is 17.2 Å². The summed E-state index contributed by atoms with van der Waals surface area (Å²) >= 11 is 1.06. The van der Waals surface area contributed by atoms with Crippen LogP contribution in [0.15, 0.2) is 51.2 Å². The fraction of sp³-hybridized carbons (Fsp3) is 0.0625. The first-order chi connectivity index (χ1) is 12.2. The third-order valence-electron chi connectivity index (χ3n) is 3.36. The van der Waals surface area contributed by atoms with Crippen molar-refractivity contribution < 1.29 is 13.2 Å². The number of aromatic nitrogens is 1. The molecule has 0 atom stereocenters. The number of carbonyl (C=O) groups is 1. The number of aromatic amines is 1. The first-order valence-electron chi connectivity index (χ1n) is 7.30. The summed E-state index contributed by atoms with van der Waals surface area (Å²) in [4.78, 5) is 30.4. The third kappa shape index (κ3) is 4.21. The summed E-state index contributed by atoms with van der Waals surface area (Å²) in [6, 6.07) is 8.02. The van der Waals surface area contributed by atoms with Crippen molar-refractivity contribution in [1.82, 2.24) is 4.98 Å². The Morgan fingerprint density at radius 1 is 1.23 bits per heavy atom. The molecular weight excluding hydrogens is 376 g/mol. The fourth-order valence-electron chi connectivity index (χ4n) is 2.31. The van der Waals surface area contributed by atoms with Gasteiger partial charge in [0.1, 0.15) is 0 Å². The molecule has 134 valence electrons. The van der Waals surface area contributed by atoms with Crippen LogP contribution in [0.3, 0.4) is 0 Å². The number of sulfonamides is 1. The molecule has 1 aliphatic rings. The summed E-state index contributed by atoms with van der Waals surface area (Å²) in [6.07, 6.45) is 4.14. The highest BCUT2D eigenvalue weighted by atomic mass is 32.2. The van der Waals surface area contributed by atoms with Crippen LogP contribution in [-0.2, 0) is 14.8 Å². The van der Waals surface area contributed by atoms with Crippen LogP contribution >= 0.6 is 11.8 Å². The summed E-state index contributed by atoms with van der Waals surface area (Å²) in [6.45, 7) is 0. The number of nitrogens with one attached hydrogen (secondary N) is 2. The number of aliphatic imine (C=N–C) groups is 1. The fourth-order valence-corrected chi connectivity index (χ4v) is 3.55. The van der Waals surface area contributed by atoms with E-state index in [2.05, 4.69) is 14.7 Å². The number of H-pyrrole nitrogens is 1. The third-order valence-corrected chi connectivity index (χ3v) is 4.78. The molecule has 1 aromatic heterocycles. The van der Waals surface area contributed by atoms with Gasteiger partial charge < -0.3 is 10.7 Å². The molecule has 0 bridgehead atoms. The molecule has 0 saturated heterocycles. The molecule has 1 aromatic carbocycles. The predicted octanol–water partition coefficient (Wildman–Crippen LogP) is 1.34. The van der Waals surface area contributed by atoms with Gasteiger partial charge in [0.25, 0.3) is 11.5 Å². The van der Waals surface area contributed by atoms with E-state index in [-0.39, 0.29) is 10.7 Å². The second-order valence-electron chi connectivity index (χ2n) is 5.49. The van der Waals surface area contributed by atoms with Crippen LogP contribution in [0, 0.1) is 0 Å². The van der Waals surface area contributed by atoms with Crippen molar-refractivity contribution in [2.75, 3.05) is 11.0 Å². The van der Waals surface area contributed by atoms with Crippen LogP contribution in [-0.4, -0.2) is 30.7 Å². The molecule has 0 fully saturated rings. The normalized spacial score (nSPS) is 16.0. The van der Waals surface area contributed by atoms with Gasteiger partial charge in [0, 0.05) is 17.4 Å². The summed E-state index contributed by atoms with van der Waals surface area (Å²) in [5.41, 5.74) is 7.20. The van der Waals surface area contributed by atoms with Crippen molar-refractivity contribution >= 4 is 44.6 Å². The van der Waals surface area contributed by atoms with Crippen LogP contribution in [0.4, 0.5) is 5.69 Å². The van der Waals surface area contributed by atoms with Crippen LogP contribution in [0.1, 0.15) is 5.56 Å². The highest BCUT2D eigenvalue weighted by Crippen LogP contribution is 2.27. The van der Waals surface area contributed by atoms with E-state index >= 15 is 0 Å². The van der Waals surface area contributed by atoms with Gasteiger partial charge in [-0.25, -0.2) is 8.42 Å². The van der Waals surface area contributed by atoms with Gasteiger partial charge in [-0.05, 0) is 47.2 Å². The minimum Gasteiger partial charge on any atom is -0.378 e. The van der Waals surface area contributed by atoms with E-state index in [4.69, 9.17) is 5.73 Å². The number of carbonyl (C=O) groups excluding carboxylic acids is 1. The minimum atomic E-state index is -3.37. The summed E-state index contributed by atoms with van der Waals surface area (Å²) in [5, 5.41) is 0.180. The van der Waals surface area contributed by atoms with E-state index in [1.807, 2.05) is 0 Å². The monoisotopic (exact) mass is 390 g/mol. The Morgan fingerprint density at radius 3 is 2.50 bits per heavy atom. The second kappa shape index (κ2) is 6.81. The van der Waals surface area contributed by atoms with Crippen molar-refractivity contribution in [3.05, 3.63) is 57.4 Å². The topological polar surface area (TPSA) is 134 Å². The number of pyridine rings is 1. The Balaban J connectivity index is 1.92. The summed E-state index contributed by atoms with van der Waals surface area (Å²) < 4.78 is 24.9. The summed E-state index contributed by atoms with van der Waals surface area (Å²) in [7, 11) is -3.37. The number of anilines is 1. The standard InChI is InChI=1S/C16H14N4O4S2/c1-26(23,24)20-11-4-2-10(3-5-11)12-6-9(8-18-14(12)21)7-13-15(22)19-16(17)25-13/h2-8,20H,1H3,(H,18,21)(H2,17,19,22)/b13-7-. The van der Waals surface area contributed by atoms with Crippen molar-refractivity contribution in [2.24, 2.45) is 10.7 Å². The number of nitrogens with zero attached hydrogens (tertiary/aromatic N) is 1. The zero-order valence-corrected chi connectivity index (χ0v) is 15.1. The SMILES string of the molecule is CS(=O)(=O)Nc1ccc(-c2cc(/C=C3\SC(N)=NC3=O)c[nH]c2=O)cc1. The average molecular weight is 390 g/mol. The second-order valence-corrected chi connectivity index (χ2v) is 8.30. The van der Waals surface area contributed by atoms with Gasteiger partial charge in [0.15, 0.2) is 5.17 Å². The number of nitrogens with two attached hydrogens (primary N) is 1. The molecule has 3 rings (SSSR count). The van der Waals surface area contributed by atoms with Crippen molar-refractivity contribution in [3.63, 3.8) is 0 Å². The Morgan fingerprint density at radius 2 is 1.92 bits per heavy atom. The molecule has 2 heterocycles. The molecule has 0 aliphatic carbocycles. The number of hydrogen-bond acceptors (Lipinski definition) is 6. The lowest BCUT2D eigenvalue weighted by Crippen LogP contribution is -2.10. The molecule has 0 radical (unpaired) electrons. The van der Waals surface area contributed by atoms with E-state index in [0.717, 1.165) is 18.0 Å². The first-order valence-corrected chi connectivity index (χ1v) is 10.0.